The Balaban J connectivity index is 2.73. The average molecular weight is 276 g/mol. The van der Waals surface area contributed by atoms with Gasteiger partial charge in [-0.05, 0) is 18.2 Å². The summed E-state index contributed by atoms with van der Waals surface area (Å²) < 4.78 is 0. The van der Waals surface area contributed by atoms with Gasteiger partial charge in [0.2, 0.25) is 5.78 Å². The lowest BCUT2D eigenvalue weighted by Crippen LogP contribution is -3.11. The fourth-order valence-corrected chi connectivity index (χ4v) is 1.91. The van der Waals surface area contributed by atoms with Gasteiger partial charge in [-0.25, -0.2) is 0 Å². The molecule has 1 atom stereocenters. The molecule has 92 valence electrons. The van der Waals surface area contributed by atoms with Crippen molar-refractivity contribution in [1.82, 2.24) is 0 Å². The molecule has 0 aliphatic rings. The first kappa shape index (κ1) is 14.0. The van der Waals surface area contributed by atoms with E-state index in [1.165, 1.54) is 12.1 Å². The summed E-state index contributed by atoms with van der Waals surface area (Å²) >= 11 is 11.6. The monoisotopic (exact) mass is 275 g/mol. The van der Waals surface area contributed by atoms with Gasteiger partial charge < -0.3 is 14.8 Å². The largest absolute Gasteiger partial charge is 0.544 e. The molecule has 1 N–H and O–H groups in total. The third-order valence-electron chi connectivity index (χ3n) is 2.14. The standard InChI is InChI=1S/C11H11Cl2NO3/c1-14(6-11(16)17)5-10(15)8-3-2-7(12)4-9(8)13/h2-4H,5-6H2,1H3,(H,16,17). The number of nitrogens with one attached hydrogen (secondary N) is 1. The van der Waals surface area contributed by atoms with Crippen LogP contribution < -0.4 is 10.0 Å². The molecule has 0 aliphatic heterocycles. The Bertz CT molecular complexity index is 448. The molecule has 0 amide bonds. The number of carbonyl (C=O) groups is 2. The maximum Gasteiger partial charge on any atom is 0.218 e. The van der Waals surface area contributed by atoms with Crippen LogP contribution >= 0.6 is 23.2 Å². The van der Waals surface area contributed by atoms with Crippen molar-refractivity contribution in [3.8, 4) is 0 Å². The van der Waals surface area contributed by atoms with E-state index in [0.29, 0.717) is 15.5 Å². The second kappa shape index (κ2) is 6.00. The van der Waals surface area contributed by atoms with Crippen molar-refractivity contribution >= 4 is 35.0 Å². The number of carboxylic acid groups (broad SMARTS) is 1. The van der Waals surface area contributed by atoms with Gasteiger partial charge in [0.25, 0.3) is 0 Å². The van der Waals surface area contributed by atoms with E-state index in [1.807, 2.05) is 0 Å². The molecule has 0 radical (unpaired) electrons. The van der Waals surface area contributed by atoms with E-state index in [9.17, 15) is 14.7 Å². The minimum absolute atomic E-state index is 0.0370. The SMILES string of the molecule is C[NH+](CC(=O)[O-])CC(=O)c1ccc(Cl)cc1Cl. The van der Waals surface area contributed by atoms with Crippen LogP contribution in [0.5, 0.6) is 0 Å². The molecule has 4 nitrogen and oxygen atoms in total. The fraction of sp³-hybridized carbons (Fsp3) is 0.273. The van der Waals surface area contributed by atoms with E-state index in [1.54, 1.807) is 13.1 Å². The Labute approximate surface area is 109 Å². The first-order chi connectivity index (χ1) is 7.90. The number of halogens is 2. The molecule has 0 spiro atoms. The van der Waals surface area contributed by atoms with Crippen LogP contribution in [-0.4, -0.2) is 31.9 Å². The van der Waals surface area contributed by atoms with Crippen LogP contribution in [0.25, 0.3) is 0 Å². The predicted molar refractivity (Wildman–Crippen MR) is 62.4 cm³/mol. The van der Waals surface area contributed by atoms with Gasteiger partial charge in [-0.3, -0.25) is 4.79 Å². The molecular formula is C11H11Cl2NO3. The number of ketones is 1. The third kappa shape index (κ3) is 4.34. The first-order valence-corrected chi connectivity index (χ1v) is 5.65. The van der Waals surface area contributed by atoms with Gasteiger partial charge in [0.05, 0.1) is 18.0 Å². The molecule has 0 fully saturated rings. The van der Waals surface area contributed by atoms with Crippen LogP contribution in [-0.2, 0) is 4.79 Å². The lowest BCUT2D eigenvalue weighted by atomic mass is 10.1. The Kier molecular flexibility index (Phi) is 4.93. The summed E-state index contributed by atoms with van der Waals surface area (Å²) in [4.78, 5) is 22.7. The molecule has 0 aliphatic carbocycles. The first-order valence-electron chi connectivity index (χ1n) is 4.89. The van der Waals surface area contributed by atoms with Gasteiger partial charge in [-0.1, -0.05) is 23.2 Å². The number of likely N-dealkylation sites (N-methyl/N-ethyl adjacent to an activating group) is 1. The molecule has 0 saturated carbocycles. The van der Waals surface area contributed by atoms with Crippen LogP contribution in [0.3, 0.4) is 0 Å². The van der Waals surface area contributed by atoms with Crippen LogP contribution in [0.4, 0.5) is 0 Å². The van der Waals surface area contributed by atoms with Crippen LogP contribution in [0.1, 0.15) is 10.4 Å². The van der Waals surface area contributed by atoms with Crippen molar-refractivity contribution in [3.05, 3.63) is 33.8 Å². The number of hydrogen-bond acceptors (Lipinski definition) is 3. The quantitative estimate of drug-likeness (QED) is 0.733. The van der Waals surface area contributed by atoms with Gasteiger partial charge in [0.15, 0.2) is 0 Å². The van der Waals surface area contributed by atoms with E-state index in [4.69, 9.17) is 23.2 Å². The van der Waals surface area contributed by atoms with E-state index in [2.05, 4.69) is 0 Å². The highest BCUT2D eigenvalue weighted by Gasteiger charge is 2.15. The van der Waals surface area contributed by atoms with E-state index < -0.39 is 5.97 Å². The van der Waals surface area contributed by atoms with Gasteiger partial charge in [-0.15, -0.1) is 0 Å². The number of hydrogen-bond donors (Lipinski definition) is 1. The maximum atomic E-state index is 11.8. The van der Waals surface area contributed by atoms with Crippen LogP contribution in [0, 0.1) is 0 Å². The molecule has 0 saturated heterocycles. The maximum absolute atomic E-state index is 11.8. The third-order valence-corrected chi connectivity index (χ3v) is 2.69. The number of benzene rings is 1. The van der Waals surface area contributed by atoms with Crippen molar-refractivity contribution in [3.63, 3.8) is 0 Å². The van der Waals surface area contributed by atoms with Gasteiger partial charge in [0.1, 0.15) is 13.1 Å². The van der Waals surface area contributed by atoms with Gasteiger partial charge >= 0.3 is 0 Å². The molecule has 1 unspecified atom stereocenters. The van der Waals surface area contributed by atoms with Crippen molar-refractivity contribution in [2.75, 3.05) is 20.1 Å². The summed E-state index contributed by atoms with van der Waals surface area (Å²) in [5, 5.41) is 11.1. The molecule has 1 rings (SSSR count). The number of carboxylic acids is 1. The molecule has 6 heteroatoms. The molecule has 1 aromatic rings. The van der Waals surface area contributed by atoms with E-state index >= 15 is 0 Å². The second-order valence-corrected chi connectivity index (χ2v) is 4.57. The summed E-state index contributed by atoms with van der Waals surface area (Å²) in [6.45, 7) is -0.188. The van der Waals surface area contributed by atoms with Gasteiger partial charge in [-0.2, -0.15) is 0 Å². The number of aliphatic carboxylic acids is 1. The molecule has 0 bridgehead atoms. The normalized spacial score (nSPS) is 12.2. The van der Waals surface area contributed by atoms with Gasteiger partial charge in [0, 0.05) is 10.6 Å². The zero-order chi connectivity index (χ0) is 13.0. The second-order valence-electron chi connectivity index (χ2n) is 3.73. The Morgan fingerprint density at radius 1 is 1.29 bits per heavy atom. The minimum atomic E-state index is -1.20. The summed E-state index contributed by atoms with van der Waals surface area (Å²) in [6, 6.07) is 4.57. The number of quaternary nitrogens is 1. The van der Waals surface area contributed by atoms with Crippen molar-refractivity contribution in [2.45, 2.75) is 0 Å². The van der Waals surface area contributed by atoms with Crippen molar-refractivity contribution < 1.29 is 19.6 Å². The zero-order valence-electron chi connectivity index (χ0n) is 9.13. The molecule has 1 aromatic carbocycles. The lowest BCUT2D eigenvalue weighted by molar-refractivity contribution is -0.864. The Morgan fingerprint density at radius 3 is 2.47 bits per heavy atom. The topological polar surface area (TPSA) is 61.6 Å². The molecule has 0 heterocycles. The Hall–Kier alpha value is -1.10. The average Bonchev–Trinajstić information content (AvgIpc) is 2.15. The lowest BCUT2D eigenvalue weighted by Gasteiger charge is -2.13. The smallest absolute Gasteiger partial charge is 0.218 e. The fourth-order valence-electron chi connectivity index (χ4n) is 1.39. The van der Waals surface area contributed by atoms with Crippen LogP contribution in [0.15, 0.2) is 18.2 Å². The Morgan fingerprint density at radius 2 is 1.94 bits per heavy atom. The minimum Gasteiger partial charge on any atom is -0.544 e. The summed E-state index contributed by atoms with van der Waals surface area (Å²) in [6.07, 6.45) is 0. The summed E-state index contributed by atoms with van der Waals surface area (Å²) in [5.41, 5.74) is 0.341. The zero-order valence-corrected chi connectivity index (χ0v) is 10.6. The highest BCUT2D eigenvalue weighted by molar-refractivity contribution is 6.36. The number of carbonyl (C=O) groups excluding carboxylic acids is 2. The summed E-state index contributed by atoms with van der Waals surface area (Å²) in [5.74, 6) is -1.43. The number of Topliss-reactive ketones (excluding diaryl/α,β-unsaturated/α-hetero) is 1. The van der Waals surface area contributed by atoms with Crippen molar-refractivity contribution in [2.24, 2.45) is 0 Å². The molecular weight excluding hydrogens is 265 g/mol. The van der Waals surface area contributed by atoms with Crippen LogP contribution in [0.2, 0.25) is 10.0 Å². The molecule has 17 heavy (non-hydrogen) atoms. The van der Waals surface area contributed by atoms with Crippen molar-refractivity contribution in [1.29, 1.82) is 0 Å². The number of rotatable bonds is 5. The predicted octanol–water partition coefficient (Wildman–Crippen LogP) is -0.559. The highest BCUT2D eigenvalue weighted by Crippen LogP contribution is 2.20. The highest BCUT2D eigenvalue weighted by atomic mass is 35.5. The summed E-state index contributed by atoms with van der Waals surface area (Å²) in [7, 11) is 1.59. The van der Waals surface area contributed by atoms with E-state index in [-0.39, 0.29) is 23.9 Å². The molecule has 0 aromatic heterocycles. The van der Waals surface area contributed by atoms with E-state index in [0.717, 1.165) is 0 Å².